The second-order valence-electron chi connectivity index (χ2n) is 4.70. The molecule has 0 aliphatic heterocycles. The molecule has 2 rings (SSSR count). The van der Waals surface area contributed by atoms with Crippen LogP contribution in [0, 0.1) is 5.92 Å². The molecule has 0 saturated heterocycles. The van der Waals surface area contributed by atoms with Crippen molar-refractivity contribution < 1.29 is 8.78 Å². The molecule has 1 aromatic carbocycles. The van der Waals surface area contributed by atoms with E-state index in [-0.39, 0.29) is 5.92 Å². The number of benzene rings is 1. The average Bonchev–Trinajstić information content (AvgIpc) is 2.40. The van der Waals surface area contributed by atoms with Gasteiger partial charge in [-0.3, -0.25) is 0 Å². The molecule has 16 heavy (non-hydrogen) atoms. The van der Waals surface area contributed by atoms with Crippen molar-refractivity contribution >= 4 is 0 Å². The largest absolute Gasteiger partial charge is 0.247 e. The van der Waals surface area contributed by atoms with Crippen LogP contribution in [0.2, 0.25) is 0 Å². The second kappa shape index (κ2) is 4.94. The van der Waals surface area contributed by atoms with E-state index in [0.29, 0.717) is 5.56 Å². The highest BCUT2D eigenvalue weighted by Gasteiger charge is 2.41. The Kier molecular flexibility index (Phi) is 3.57. The Morgan fingerprint density at radius 1 is 1.06 bits per heavy atom. The first-order valence-corrected chi connectivity index (χ1v) is 6.08. The number of alkyl halides is 2. The third kappa shape index (κ3) is 2.11. The van der Waals surface area contributed by atoms with Gasteiger partial charge in [-0.1, -0.05) is 49.6 Å². The minimum Gasteiger partial charge on any atom is -0.247 e. The maximum absolute atomic E-state index is 14.8. The molecular formula is C14H18F2. The summed E-state index contributed by atoms with van der Waals surface area (Å²) in [6, 6.07) is 8.80. The highest BCUT2D eigenvalue weighted by Crippen LogP contribution is 2.42. The normalized spacial score (nSPS) is 21.6. The number of hydrogen-bond acceptors (Lipinski definition) is 0. The Bertz CT molecular complexity index is 317. The van der Waals surface area contributed by atoms with E-state index in [2.05, 4.69) is 0 Å². The molecule has 0 radical (unpaired) electrons. The maximum Gasteiger partial charge on any atom is 0.166 e. The highest BCUT2D eigenvalue weighted by molar-refractivity contribution is 5.23. The first-order valence-electron chi connectivity index (χ1n) is 6.08. The molecule has 0 spiro atoms. The summed E-state index contributed by atoms with van der Waals surface area (Å²) < 4.78 is 27.9. The maximum atomic E-state index is 14.8. The number of hydrogen-bond donors (Lipinski definition) is 0. The van der Waals surface area contributed by atoms with Crippen LogP contribution in [0.4, 0.5) is 8.78 Å². The fourth-order valence-electron chi connectivity index (χ4n) is 2.70. The van der Waals surface area contributed by atoms with Gasteiger partial charge in [0, 0.05) is 0 Å². The predicted molar refractivity (Wildman–Crippen MR) is 61.8 cm³/mol. The second-order valence-corrected chi connectivity index (χ2v) is 4.70. The van der Waals surface area contributed by atoms with Crippen LogP contribution in [0.1, 0.15) is 37.7 Å². The van der Waals surface area contributed by atoms with Crippen molar-refractivity contribution in [1.82, 2.24) is 0 Å². The highest BCUT2D eigenvalue weighted by atomic mass is 19.2. The Morgan fingerprint density at radius 2 is 1.69 bits per heavy atom. The summed E-state index contributed by atoms with van der Waals surface area (Å²) in [6.07, 6.45) is 4.85. The molecular weight excluding hydrogens is 206 g/mol. The third-order valence-corrected chi connectivity index (χ3v) is 3.70. The molecule has 1 aliphatic rings. The predicted octanol–water partition coefficient (Wildman–Crippen LogP) is 4.40. The van der Waals surface area contributed by atoms with Crippen molar-refractivity contribution in [3.8, 4) is 0 Å². The zero-order valence-electron chi connectivity index (χ0n) is 9.46. The van der Waals surface area contributed by atoms with Crippen molar-refractivity contribution in [2.75, 3.05) is 6.67 Å². The van der Waals surface area contributed by atoms with Gasteiger partial charge in [0.25, 0.3) is 0 Å². The molecule has 0 N–H and O–H groups in total. The molecule has 1 aliphatic carbocycles. The van der Waals surface area contributed by atoms with Crippen LogP contribution in [-0.2, 0) is 5.67 Å². The molecule has 1 aromatic rings. The topological polar surface area (TPSA) is 0 Å². The van der Waals surface area contributed by atoms with Crippen molar-refractivity contribution in [2.24, 2.45) is 5.92 Å². The minimum atomic E-state index is -1.76. The van der Waals surface area contributed by atoms with E-state index in [0.717, 1.165) is 32.1 Å². The first kappa shape index (κ1) is 11.6. The smallest absolute Gasteiger partial charge is 0.166 e. The summed E-state index contributed by atoms with van der Waals surface area (Å²) in [7, 11) is 0. The molecule has 1 saturated carbocycles. The van der Waals surface area contributed by atoms with Gasteiger partial charge >= 0.3 is 0 Å². The Balaban J connectivity index is 2.24. The Labute approximate surface area is 95.7 Å². The SMILES string of the molecule is FCC(F)(c1ccccc1)C1CCCCC1. The monoisotopic (exact) mass is 224 g/mol. The summed E-state index contributed by atoms with van der Waals surface area (Å²) in [5.74, 6) is -0.145. The van der Waals surface area contributed by atoms with E-state index >= 15 is 0 Å². The van der Waals surface area contributed by atoms with Gasteiger partial charge in [0.1, 0.15) is 6.67 Å². The van der Waals surface area contributed by atoms with Crippen molar-refractivity contribution in [3.63, 3.8) is 0 Å². The summed E-state index contributed by atoms with van der Waals surface area (Å²) in [5, 5.41) is 0. The van der Waals surface area contributed by atoms with Crippen molar-refractivity contribution in [3.05, 3.63) is 35.9 Å². The first-order chi connectivity index (χ1) is 7.77. The summed E-state index contributed by atoms with van der Waals surface area (Å²) >= 11 is 0. The lowest BCUT2D eigenvalue weighted by Crippen LogP contribution is -2.34. The summed E-state index contributed by atoms with van der Waals surface area (Å²) in [6.45, 7) is -0.901. The third-order valence-electron chi connectivity index (χ3n) is 3.70. The molecule has 0 bridgehead atoms. The van der Waals surface area contributed by atoms with Crippen LogP contribution < -0.4 is 0 Å². The van der Waals surface area contributed by atoms with Crippen LogP contribution in [0.3, 0.4) is 0 Å². The van der Waals surface area contributed by atoms with Crippen LogP contribution in [0.15, 0.2) is 30.3 Å². The van der Waals surface area contributed by atoms with Gasteiger partial charge in [0.05, 0.1) is 0 Å². The van der Waals surface area contributed by atoms with Gasteiger partial charge in [-0.05, 0) is 24.3 Å². The van der Waals surface area contributed by atoms with Gasteiger partial charge in [-0.15, -0.1) is 0 Å². The number of rotatable bonds is 3. The van der Waals surface area contributed by atoms with E-state index in [1.807, 2.05) is 6.07 Å². The molecule has 1 unspecified atom stereocenters. The molecule has 0 amide bonds. The fourth-order valence-corrected chi connectivity index (χ4v) is 2.70. The average molecular weight is 224 g/mol. The van der Waals surface area contributed by atoms with Crippen LogP contribution in [0.5, 0.6) is 0 Å². The van der Waals surface area contributed by atoms with Crippen molar-refractivity contribution in [2.45, 2.75) is 37.8 Å². The summed E-state index contributed by atoms with van der Waals surface area (Å²) in [5.41, 5.74) is -1.26. The zero-order chi connectivity index (χ0) is 11.4. The molecule has 1 atom stereocenters. The lowest BCUT2D eigenvalue weighted by atomic mass is 9.75. The van der Waals surface area contributed by atoms with E-state index in [1.54, 1.807) is 24.3 Å². The quantitative estimate of drug-likeness (QED) is 0.713. The van der Waals surface area contributed by atoms with Crippen LogP contribution >= 0.6 is 0 Å². The molecule has 0 heterocycles. The van der Waals surface area contributed by atoms with E-state index < -0.39 is 12.3 Å². The standard InChI is InChI=1S/C14H18F2/c15-11-14(16,12-7-3-1-4-8-12)13-9-5-2-6-10-13/h1,3-4,7-8,13H,2,5-6,9-11H2. The van der Waals surface area contributed by atoms with Gasteiger partial charge in [-0.25, -0.2) is 8.78 Å². The lowest BCUT2D eigenvalue weighted by Gasteiger charge is -2.34. The number of halogens is 2. The van der Waals surface area contributed by atoms with E-state index in [9.17, 15) is 8.78 Å². The fraction of sp³-hybridized carbons (Fsp3) is 0.571. The summed E-state index contributed by atoms with van der Waals surface area (Å²) in [4.78, 5) is 0. The van der Waals surface area contributed by atoms with E-state index in [1.165, 1.54) is 0 Å². The minimum absolute atomic E-state index is 0.145. The van der Waals surface area contributed by atoms with Gasteiger partial charge in [0.2, 0.25) is 0 Å². The molecule has 0 nitrogen and oxygen atoms in total. The Morgan fingerprint density at radius 3 is 2.25 bits per heavy atom. The Hall–Kier alpha value is -0.920. The molecule has 0 aromatic heterocycles. The van der Waals surface area contributed by atoms with E-state index in [4.69, 9.17) is 0 Å². The molecule has 1 fully saturated rings. The zero-order valence-corrected chi connectivity index (χ0v) is 9.46. The lowest BCUT2D eigenvalue weighted by molar-refractivity contribution is 0.0267. The van der Waals surface area contributed by atoms with Crippen LogP contribution in [0.25, 0.3) is 0 Å². The van der Waals surface area contributed by atoms with Gasteiger partial charge < -0.3 is 0 Å². The van der Waals surface area contributed by atoms with Crippen molar-refractivity contribution in [1.29, 1.82) is 0 Å². The molecule has 88 valence electrons. The van der Waals surface area contributed by atoms with Gasteiger partial charge in [0.15, 0.2) is 5.67 Å². The van der Waals surface area contributed by atoms with Crippen LogP contribution in [-0.4, -0.2) is 6.67 Å². The van der Waals surface area contributed by atoms with Gasteiger partial charge in [-0.2, -0.15) is 0 Å². The molecule has 2 heteroatoms.